The maximum atomic E-state index is 15.5. The highest BCUT2D eigenvalue weighted by Gasteiger charge is 2.79. The summed E-state index contributed by atoms with van der Waals surface area (Å²) in [5.74, 6) is -5.66. The number of nitrogens with one attached hydrogen (secondary N) is 3. The number of rotatable bonds is 13. The Balaban J connectivity index is 0.717. The number of aromatic carboxylic acids is 1. The van der Waals surface area contributed by atoms with E-state index in [9.17, 15) is 42.3 Å². The number of halogens is 1. The molecule has 70 heavy (non-hydrogen) atoms. The average Bonchev–Trinajstić information content (AvgIpc) is 3.82. The summed E-state index contributed by atoms with van der Waals surface area (Å²) in [5, 5.41) is 29.4. The molecular weight excluding hydrogens is 944 g/mol. The van der Waals surface area contributed by atoms with Crippen LogP contribution in [0.5, 0.6) is 5.75 Å². The number of hydrogen-bond acceptors (Lipinski definition) is 11. The number of sulfonamides is 1. The summed E-state index contributed by atoms with van der Waals surface area (Å²) in [7, 11) is -3.79. The quantitative estimate of drug-likeness (QED) is 0.0764. The Morgan fingerprint density at radius 2 is 1.70 bits per heavy atom. The van der Waals surface area contributed by atoms with Crippen molar-refractivity contribution in [3.05, 3.63) is 106 Å². The maximum absolute atomic E-state index is 15.5. The van der Waals surface area contributed by atoms with Gasteiger partial charge in [0.15, 0.2) is 23.1 Å². The number of carboxylic acid groups (broad SMARTS) is 2. The van der Waals surface area contributed by atoms with Crippen LogP contribution in [0, 0.1) is 17.2 Å². The summed E-state index contributed by atoms with van der Waals surface area (Å²) in [6.45, 7) is 2.43. The molecule has 362 valence electrons. The van der Waals surface area contributed by atoms with Gasteiger partial charge in [0.25, 0.3) is 5.91 Å². The van der Waals surface area contributed by atoms with E-state index in [1.807, 2.05) is 30.3 Å². The third-order valence-corrected chi connectivity index (χ3v) is 18.6. The number of nitrogens with zero attached hydrogens (tertiary/aromatic N) is 3. The van der Waals surface area contributed by atoms with Gasteiger partial charge in [0.05, 0.1) is 16.3 Å². The van der Waals surface area contributed by atoms with Crippen LogP contribution in [0.2, 0.25) is 0 Å². The lowest BCUT2D eigenvalue weighted by atomic mass is 9.34. The zero-order valence-electron chi connectivity index (χ0n) is 37.7. The van der Waals surface area contributed by atoms with Crippen LogP contribution in [0.4, 0.5) is 26.2 Å². The molecule has 2 aliphatic carbocycles. The van der Waals surface area contributed by atoms with E-state index < -0.39 is 67.9 Å². The fraction of sp³-hybridized carbons (Fsp3) is 0.360. The second-order valence-electron chi connectivity index (χ2n) is 19.4. The molecule has 5 N–H and O–H groups in total. The van der Waals surface area contributed by atoms with Gasteiger partial charge in [-0.3, -0.25) is 24.6 Å². The number of carbonyl (C=O) groups excluding carboxylic acids is 4. The molecule has 17 nitrogen and oxygen atoms in total. The Hall–Kier alpha value is -6.90. The van der Waals surface area contributed by atoms with Crippen LogP contribution in [0.25, 0.3) is 21.2 Å². The third-order valence-electron chi connectivity index (χ3n) is 15.6. The summed E-state index contributed by atoms with van der Waals surface area (Å²) in [5.41, 5.74) is 3.48. The van der Waals surface area contributed by atoms with E-state index in [1.54, 1.807) is 57.7 Å². The number of likely N-dealkylation sites (tertiary alicyclic amines) is 1. The molecule has 7 aliphatic rings. The van der Waals surface area contributed by atoms with Crippen LogP contribution in [0.15, 0.2) is 78.9 Å². The monoisotopic (exact) mass is 990 g/mol. The van der Waals surface area contributed by atoms with Gasteiger partial charge in [-0.25, -0.2) is 27.2 Å². The largest absolute Gasteiger partial charge is 0.479 e. The van der Waals surface area contributed by atoms with E-state index in [0.29, 0.717) is 84.0 Å². The molecule has 1 aromatic heterocycles. The second kappa shape index (κ2) is 16.6. The van der Waals surface area contributed by atoms with Crippen LogP contribution in [0.3, 0.4) is 0 Å². The molecule has 6 heterocycles. The van der Waals surface area contributed by atoms with Crippen molar-refractivity contribution < 1.29 is 56.5 Å². The van der Waals surface area contributed by atoms with Gasteiger partial charge in [-0.2, -0.15) is 4.31 Å². The highest BCUT2D eigenvalue weighted by Crippen LogP contribution is 2.73. The molecule has 5 amide bonds. The minimum absolute atomic E-state index is 0.0120. The third kappa shape index (κ3) is 7.20. The Labute approximate surface area is 404 Å². The molecule has 4 saturated heterocycles. The first-order chi connectivity index (χ1) is 33.5. The van der Waals surface area contributed by atoms with Crippen molar-refractivity contribution in [2.45, 2.75) is 74.7 Å². The molecule has 20 heteroatoms. The molecule has 0 radical (unpaired) electrons. The SMILES string of the molecule is CC12CC3CN(S(=O)(=O)Cc4cccc(NC(=O)N5CCC(c6ccc7c8c(cccc68)C(=O)N7C6CCC(=O)NC6=O)CC5)c4)C1CC32Nc1cccc(-c2sc(C(=O)O)c(OCC(=O)O)c2F)c1. The van der Waals surface area contributed by atoms with Crippen molar-refractivity contribution in [2.75, 3.05) is 41.8 Å². The van der Waals surface area contributed by atoms with Crippen molar-refractivity contribution in [3.63, 3.8) is 0 Å². The van der Waals surface area contributed by atoms with E-state index in [2.05, 4.69) is 22.9 Å². The zero-order valence-corrected chi connectivity index (χ0v) is 39.3. The van der Waals surface area contributed by atoms with E-state index in [0.717, 1.165) is 22.8 Å². The van der Waals surface area contributed by atoms with Gasteiger partial charge < -0.3 is 30.5 Å². The first kappa shape index (κ1) is 45.5. The summed E-state index contributed by atoms with van der Waals surface area (Å²) >= 11 is 0.652. The highest BCUT2D eigenvalue weighted by molar-refractivity contribution is 7.88. The number of aliphatic carboxylic acids is 1. The lowest BCUT2D eigenvalue weighted by Gasteiger charge is -2.80. The fourth-order valence-corrected chi connectivity index (χ4v) is 15.1. The van der Waals surface area contributed by atoms with Crippen molar-refractivity contribution in [3.8, 4) is 16.2 Å². The molecule has 0 spiro atoms. The number of anilines is 3. The van der Waals surface area contributed by atoms with Crippen molar-refractivity contribution >= 4 is 84.9 Å². The van der Waals surface area contributed by atoms with E-state index in [1.165, 1.54) is 4.90 Å². The molecule has 5 aromatic rings. The number of thiophene rings is 1. The predicted molar refractivity (Wildman–Crippen MR) is 256 cm³/mol. The fourth-order valence-electron chi connectivity index (χ4n) is 12.3. The minimum Gasteiger partial charge on any atom is -0.479 e. The first-order valence-electron chi connectivity index (χ1n) is 23.1. The molecule has 4 bridgehead atoms. The number of fused-ring (bicyclic) bond motifs is 1. The van der Waals surface area contributed by atoms with Gasteiger partial charge in [0.2, 0.25) is 21.8 Å². The van der Waals surface area contributed by atoms with E-state index >= 15 is 4.39 Å². The molecule has 5 unspecified atom stereocenters. The van der Waals surface area contributed by atoms with E-state index in [-0.39, 0.29) is 59.2 Å². The van der Waals surface area contributed by atoms with Gasteiger partial charge in [0, 0.05) is 65.4 Å². The van der Waals surface area contributed by atoms with Gasteiger partial charge in [-0.1, -0.05) is 49.4 Å². The lowest BCUT2D eigenvalue weighted by Crippen LogP contribution is -2.89. The Kier molecular flexibility index (Phi) is 10.8. The van der Waals surface area contributed by atoms with Gasteiger partial charge in [-0.15, -0.1) is 11.3 Å². The Bertz CT molecular complexity index is 3230. The number of piperidine rings is 5. The summed E-state index contributed by atoms with van der Waals surface area (Å²) < 4.78 is 50.5. The maximum Gasteiger partial charge on any atom is 0.349 e. The highest BCUT2D eigenvalue weighted by atomic mass is 32.2. The number of carboxylic acids is 2. The minimum atomic E-state index is -3.79. The van der Waals surface area contributed by atoms with Crippen LogP contribution in [-0.2, 0) is 30.2 Å². The Morgan fingerprint density at radius 3 is 2.43 bits per heavy atom. The average molecular weight is 991 g/mol. The number of carbonyl (C=O) groups is 6. The number of benzene rings is 4. The topological polar surface area (TPSA) is 232 Å². The van der Waals surface area contributed by atoms with Crippen LogP contribution in [-0.4, -0.2) is 107 Å². The van der Waals surface area contributed by atoms with Gasteiger partial charge >= 0.3 is 18.0 Å². The molecular formula is C50H47FN6O11S2. The summed E-state index contributed by atoms with van der Waals surface area (Å²) in [4.78, 5) is 77.7. The molecule has 6 fully saturated rings. The molecule has 5 atom stereocenters. The van der Waals surface area contributed by atoms with Crippen LogP contribution >= 0.6 is 11.3 Å². The normalized spacial score (nSPS) is 25.0. The van der Waals surface area contributed by atoms with Gasteiger partial charge in [0.1, 0.15) is 6.04 Å². The molecule has 2 saturated carbocycles. The smallest absolute Gasteiger partial charge is 0.349 e. The van der Waals surface area contributed by atoms with Crippen molar-refractivity contribution in [2.24, 2.45) is 11.3 Å². The second-order valence-corrected chi connectivity index (χ2v) is 22.3. The first-order valence-corrected chi connectivity index (χ1v) is 25.5. The van der Waals surface area contributed by atoms with Crippen molar-refractivity contribution in [1.82, 2.24) is 14.5 Å². The molecule has 5 aliphatic heterocycles. The number of ether oxygens (including phenoxy) is 1. The predicted octanol–water partition coefficient (Wildman–Crippen LogP) is 6.84. The van der Waals surface area contributed by atoms with Crippen molar-refractivity contribution in [1.29, 1.82) is 0 Å². The van der Waals surface area contributed by atoms with Crippen LogP contribution in [0.1, 0.15) is 82.5 Å². The van der Waals surface area contributed by atoms with Crippen LogP contribution < -0.4 is 25.6 Å². The van der Waals surface area contributed by atoms with Gasteiger partial charge in [-0.05, 0) is 102 Å². The Morgan fingerprint density at radius 1 is 0.943 bits per heavy atom. The summed E-state index contributed by atoms with van der Waals surface area (Å²) in [6, 6.07) is 21.9. The lowest BCUT2D eigenvalue weighted by molar-refractivity contribution is -0.230. The van der Waals surface area contributed by atoms with E-state index in [4.69, 9.17) is 9.84 Å². The molecule has 4 aromatic carbocycles. The number of hydrogen-bond donors (Lipinski definition) is 5. The number of amides is 5. The summed E-state index contributed by atoms with van der Waals surface area (Å²) in [6.07, 6.45) is 3.13. The standard InChI is InChI=1S/C50H47FN6O11S2/c1-49-21-29-23-56(37(49)22-50(29,49)54-31-8-3-6-28(20-31)43-41(51)42(68-24-39(59)60)44(69-43)47(63)64)70(66,67)25-26-5-2-7-30(19-26)52-48(65)55-17-15-27(16-18-55)32-11-12-35-40-33(32)9-4-10-34(40)46(62)57(35)36-13-14-38(58)53-45(36)61/h2-12,19-20,27,29,36-37,54H,13-18,21-25H2,1H3,(H,52,65)(H,59,60)(H,63,64)(H,53,58,61). The number of urea groups is 1. The number of imide groups is 1. The zero-order chi connectivity index (χ0) is 49.0. The molecule has 12 rings (SSSR count).